The topological polar surface area (TPSA) is 111 Å². The van der Waals surface area contributed by atoms with Gasteiger partial charge in [0.1, 0.15) is 5.69 Å². The van der Waals surface area contributed by atoms with Gasteiger partial charge in [-0.05, 0) is 66.9 Å². The van der Waals surface area contributed by atoms with Crippen LogP contribution in [0.1, 0.15) is 11.5 Å². The van der Waals surface area contributed by atoms with Crippen LogP contribution in [-0.4, -0.2) is 28.5 Å². The second kappa shape index (κ2) is 8.10. The van der Waals surface area contributed by atoms with E-state index in [0.29, 0.717) is 11.4 Å². The Morgan fingerprint density at radius 3 is 2.42 bits per heavy atom. The molecule has 0 aliphatic heterocycles. The highest BCUT2D eigenvalue weighted by molar-refractivity contribution is 7.92. The van der Waals surface area contributed by atoms with Gasteiger partial charge in [0, 0.05) is 35.7 Å². The fourth-order valence-electron chi connectivity index (χ4n) is 3.83. The summed E-state index contributed by atoms with van der Waals surface area (Å²) in [6.07, 6.45) is 8.44. The maximum absolute atomic E-state index is 12.9. The highest BCUT2D eigenvalue weighted by Crippen LogP contribution is 2.32. The van der Waals surface area contributed by atoms with Crippen molar-refractivity contribution in [1.82, 2.24) is 20.1 Å². The average Bonchev–Trinajstić information content (AvgIpc) is 3.17. The Morgan fingerprint density at radius 1 is 0.848 bits per heavy atom. The molecule has 4 aromatic heterocycles. The summed E-state index contributed by atoms with van der Waals surface area (Å²) < 4.78 is 33.3. The number of nitrogens with zero attached hydrogens (tertiary/aromatic N) is 4. The summed E-state index contributed by atoms with van der Waals surface area (Å²) >= 11 is 0. The summed E-state index contributed by atoms with van der Waals surface area (Å²) in [5.74, 6) is 0.231. The third kappa shape index (κ3) is 3.94. The van der Waals surface area contributed by atoms with Crippen molar-refractivity contribution in [2.45, 2.75) is 18.7 Å². The Kier molecular flexibility index (Phi) is 5.10. The number of hydrogen-bond acceptors (Lipinski definition) is 7. The Labute approximate surface area is 190 Å². The van der Waals surface area contributed by atoms with Crippen molar-refractivity contribution in [1.29, 1.82) is 0 Å². The van der Waals surface area contributed by atoms with Crippen LogP contribution < -0.4 is 4.72 Å². The Bertz CT molecular complexity index is 1560. The first-order valence-corrected chi connectivity index (χ1v) is 11.6. The van der Waals surface area contributed by atoms with Crippen LogP contribution in [-0.2, 0) is 10.0 Å². The number of anilines is 1. The number of aromatic nitrogens is 4. The molecule has 33 heavy (non-hydrogen) atoms. The number of pyridine rings is 3. The molecule has 0 amide bonds. The van der Waals surface area contributed by atoms with E-state index >= 15 is 0 Å². The number of aryl methyl sites for hydroxylation is 2. The van der Waals surface area contributed by atoms with Gasteiger partial charge in [0.25, 0.3) is 10.0 Å². The van der Waals surface area contributed by atoms with Crippen molar-refractivity contribution in [2.24, 2.45) is 0 Å². The molecule has 0 saturated carbocycles. The maximum atomic E-state index is 12.9. The summed E-state index contributed by atoms with van der Waals surface area (Å²) in [6.45, 7) is 3.15. The molecule has 4 heterocycles. The monoisotopic (exact) mass is 457 g/mol. The zero-order chi connectivity index (χ0) is 23.0. The second-order valence-corrected chi connectivity index (χ2v) is 9.17. The molecule has 0 radical (unpaired) electrons. The molecule has 5 aromatic rings. The van der Waals surface area contributed by atoms with Crippen molar-refractivity contribution in [3.05, 3.63) is 84.9 Å². The molecule has 9 heteroatoms. The van der Waals surface area contributed by atoms with E-state index in [9.17, 15) is 8.42 Å². The minimum absolute atomic E-state index is 0.0340. The first-order chi connectivity index (χ1) is 15.9. The van der Waals surface area contributed by atoms with Gasteiger partial charge < -0.3 is 4.52 Å². The average molecular weight is 458 g/mol. The Hall–Kier alpha value is -4.11. The summed E-state index contributed by atoms with van der Waals surface area (Å²) in [6, 6.07) is 13.5. The van der Waals surface area contributed by atoms with Gasteiger partial charge in [-0.15, -0.1) is 0 Å². The van der Waals surface area contributed by atoms with Gasteiger partial charge in [0.05, 0.1) is 17.4 Å². The predicted octanol–water partition coefficient (Wildman–Crippen LogP) is 4.76. The van der Waals surface area contributed by atoms with Gasteiger partial charge in [-0.2, -0.15) is 0 Å². The smallest absolute Gasteiger partial charge is 0.267 e. The second-order valence-electron chi connectivity index (χ2n) is 7.55. The number of nitrogens with one attached hydrogen (secondary N) is 1. The fourth-order valence-corrected chi connectivity index (χ4v) is 5.19. The number of sulfonamides is 1. The van der Waals surface area contributed by atoms with E-state index in [1.54, 1.807) is 44.7 Å². The SMILES string of the molecule is Cc1noc(C)c1S(=O)(=O)Nc1cncc(-c2ccc3nccc(-c4ccncc4)c3c2)c1. The van der Waals surface area contributed by atoms with Crippen molar-refractivity contribution in [3.8, 4) is 22.3 Å². The van der Waals surface area contributed by atoms with Crippen LogP contribution in [0.15, 0.2) is 82.9 Å². The van der Waals surface area contributed by atoms with Crippen LogP contribution in [0.2, 0.25) is 0 Å². The normalized spacial score (nSPS) is 11.6. The van der Waals surface area contributed by atoms with E-state index in [2.05, 4.69) is 24.8 Å². The third-order valence-electron chi connectivity index (χ3n) is 5.29. The lowest BCUT2D eigenvalue weighted by Gasteiger charge is -2.11. The van der Waals surface area contributed by atoms with Crippen LogP contribution in [0.5, 0.6) is 0 Å². The van der Waals surface area contributed by atoms with Crippen LogP contribution in [0, 0.1) is 13.8 Å². The van der Waals surface area contributed by atoms with E-state index < -0.39 is 10.0 Å². The Balaban J connectivity index is 1.54. The van der Waals surface area contributed by atoms with E-state index in [0.717, 1.165) is 33.2 Å². The number of fused-ring (bicyclic) bond motifs is 1. The van der Waals surface area contributed by atoms with E-state index in [-0.39, 0.29) is 10.7 Å². The molecule has 0 bridgehead atoms. The predicted molar refractivity (Wildman–Crippen MR) is 125 cm³/mol. The highest BCUT2D eigenvalue weighted by Gasteiger charge is 2.24. The maximum Gasteiger partial charge on any atom is 0.267 e. The fraction of sp³-hybridized carbons (Fsp3) is 0.0833. The minimum Gasteiger partial charge on any atom is -0.360 e. The molecule has 1 N–H and O–H groups in total. The molecular formula is C24H19N5O3S. The van der Waals surface area contributed by atoms with Gasteiger partial charge in [0.15, 0.2) is 10.7 Å². The molecule has 0 saturated heterocycles. The van der Waals surface area contributed by atoms with Crippen molar-refractivity contribution in [3.63, 3.8) is 0 Å². The lowest BCUT2D eigenvalue weighted by Crippen LogP contribution is -2.14. The molecule has 0 aliphatic rings. The summed E-state index contributed by atoms with van der Waals surface area (Å²) in [7, 11) is -3.87. The first kappa shape index (κ1) is 20.8. The molecule has 1 aromatic carbocycles. The van der Waals surface area contributed by atoms with E-state index in [1.165, 1.54) is 6.20 Å². The number of hydrogen-bond donors (Lipinski definition) is 1. The van der Waals surface area contributed by atoms with E-state index in [1.807, 2.05) is 36.4 Å². The molecule has 0 aliphatic carbocycles. The minimum atomic E-state index is -3.87. The van der Waals surface area contributed by atoms with Crippen LogP contribution in [0.25, 0.3) is 33.2 Å². The van der Waals surface area contributed by atoms with Crippen molar-refractivity contribution >= 4 is 26.6 Å². The summed E-state index contributed by atoms with van der Waals surface area (Å²) in [5, 5.41) is 4.71. The molecule has 5 rings (SSSR count). The first-order valence-electron chi connectivity index (χ1n) is 10.1. The standard InChI is InChI=1S/C24H19N5O3S/c1-15-24(16(2)32-28-15)33(30,31)29-20-11-19(13-26-14-20)18-3-4-23-22(12-18)21(7-10-27-23)17-5-8-25-9-6-17/h3-14,29H,1-2H3. The summed E-state index contributed by atoms with van der Waals surface area (Å²) in [5.41, 5.74) is 5.22. The molecule has 8 nitrogen and oxygen atoms in total. The molecule has 0 fully saturated rings. The van der Waals surface area contributed by atoms with Gasteiger partial charge in [-0.1, -0.05) is 11.2 Å². The quantitative estimate of drug-likeness (QED) is 0.405. The molecule has 0 atom stereocenters. The number of rotatable bonds is 5. The van der Waals surface area contributed by atoms with Crippen molar-refractivity contribution in [2.75, 3.05) is 4.72 Å². The van der Waals surface area contributed by atoms with E-state index in [4.69, 9.17) is 4.52 Å². The lowest BCUT2D eigenvalue weighted by atomic mass is 9.98. The van der Waals surface area contributed by atoms with Crippen molar-refractivity contribution < 1.29 is 12.9 Å². The van der Waals surface area contributed by atoms with Gasteiger partial charge >= 0.3 is 0 Å². The van der Waals surface area contributed by atoms with Gasteiger partial charge in [-0.3, -0.25) is 19.7 Å². The third-order valence-corrected chi connectivity index (χ3v) is 6.92. The molecule has 0 spiro atoms. The lowest BCUT2D eigenvalue weighted by molar-refractivity contribution is 0.390. The Morgan fingerprint density at radius 2 is 1.67 bits per heavy atom. The highest BCUT2D eigenvalue weighted by atomic mass is 32.2. The largest absolute Gasteiger partial charge is 0.360 e. The van der Waals surface area contributed by atoms with Crippen LogP contribution in [0.3, 0.4) is 0 Å². The van der Waals surface area contributed by atoms with Gasteiger partial charge in [-0.25, -0.2) is 8.42 Å². The zero-order valence-electron chi connectivity index (χ0n) is 17.9. The molecule has 0 unspecified atom stereocenters. The zero-order valence-corrected chi connectivity index (χ0v) is 18.7. The molecular weight excluding hydrogens is 438 g/mol. The summed E-state index contributed by atoms with van der Waals surface area (Å²) in [4.78, 5) is 12.8. The molecule has 164 valence electrons. The van der Waals surface area contributed by atoms with Crippen LogP contribution >= 0.6 is 0 Å². The number of benzene rings is 1. The van der Waals surface area contributed by atoms with Gasteiger partial charge in [0.2, 0.25) is 0 Å². The van der Waals surface area contributed by atoms with Crippen LogP contribution in [0.4, 0.5) is 5.69 Å².